The minimum atomic E-state index is 0.158. The maximum atomic E-state index is 10.8. The number of carbonyl (C=O) groups is 1. The lowest BCUT2D eigenvalue weighted by atomic mass is 9.62. The summed E-state index contributed by atoms with van der Waals surface area (Å²) in [5.74, 6) is 0. The molecular formula is C23H24BNO. The van der Waals surface area contributed by atoms with Crippen molar-refractivity contribution in [2.75, 3.05) is 5.73 Å². The number of hydrogen-bond donors (Lipinski definition) is 1. The van der Waals surface area contributed by atoms with Gasteiger partial charge >= 0.3 is 0 Å². The van der Waals surface area contributed by atoms with E-state index in [1.165, 1.54) is 11.0 Å². The first-order valence-electron chi connectivity index (χ1n) is 8.90. The van der Waals surface area contributed by atoms with E-state index < -0.39 is 0 Å². The third-order valence-electron chi connectivity index (χ3n) is 4.74. The molecule has 2 nitrogen and oxygen atoms in total. The van der Waals surface area contributed by atoms with Gasteiger partial charge in [-0.05, 0) is 28.2 Å². The molecule has 0 aliphatic heterocycles. The Bertz CT molecular complexity index is 906. The summed E-state index contributed by atoms with van der Waals surface area (Å²) in [6, 6.07) is 22.5. The molecule has 0 radical (unpaired) electrons. The van der Waals surface area contributed by atoms with Crippen molar-refractivity contribution < 1.29 is 4.79 Å². The second kappa shape index (κ2) is 7.21. The number of nitrogen functional groups attached to an aromatic ring is 1. The van der Waals surface area contributed by atoms with E-state index in [4.69, 9.17) is 5.73 Å². The van der Waals surface area contributed by atoms with Gasteiger partial charge < -0.3 is 5.73 Å². The Hall–Kier alpha value is -2.81. The summed E-state index contributed by atoms with van der Waals surface area (Å²) in [6.07, 6.45) is 0.861. The van der Waals surface area contributed by atoms with Crippen molar-refractivity contribution >= 4 is 30.2 Å². The van der Waals surface area contributed by atoms with Crippen LogP contribution in [0.3, 0.4) is 0 Å². The molecule has 3 aromatic carbocycles. The first-order valence-corrected chi connectivity index (χ1v) is 8.90. The molecule has 0 amide bonds. The third kappa shape index (κ3) is 4.05. The van der Waals surface area contributed by atoms with Gasteiger partial charge in [-0.15, -0.1) is 0 Å². The van der Waals surface area contributed by atoms with Gasteiger partial charge in [0, 0.05) is 11.3 Å². The Morgan fingerprint density at radius 1 is 0.846 bits per heavy atom. The molecule has 2 N–H and O–H groups in total. The van der Waals surface area contributed by atoms with E-state index in [0.717, 1.165) is 35.8 Å². The summed E-state index contributed by atoms with van der Waals surface area (Å²) in [5.41, 5.74) is 13.7. The monoisotopic (exact) mass is 341 g/mol. The first-order chi connectivity index (χ1) is 12.4. The van der Waals surface area contributed by atoms with Crippen LogP contribution in [0.15, 0.2) is 66.7 Å². The normalized spacial score (nSPS) is 11.2. The number of nitrogens with two attached hydrogens (primary N) is 1. The molecule has 0 bridgehead atoms. The van der Waals surface area contributed by atoms with Crippen LogP contribution < -0.4 is 16.7 Å². The Morgan fingerprint density at radius 2 is 1.46 bits per heavy atom. The molecule has 0 aliphatic rings. The number of benzene rings is 3. The summed E-state index contributed by atoms with van der Waals surface area (Å²) in [7, 11) is 0.802. The maximum Gasteiger partial charge on any atom is 0.194 e. The average molecular weight is 341 g/mol. The molecule has 0 aliphatic carbocycles. The van der Waals surface area contributed by atoms with Crippen molar-refractivity contribution in [3.63, 3.8) is 0 Å². The molecule has 0 atom stereocenters. The molecule has 3 aromatic rings. The fourth-order valence-electron chi connectivity index (χ4n) is 3.04. The lowest BCUT2D eigenvalue weighted by molar-refractivity contribution is 0.112. The van der Waals surface area contributed by atoms with E-state index in [1.807, 2.05) is 36.4 Å². The SMILES string of the molecule is CC(C)(C)c1ccc(Bc2cc(-c3ccc(C=O)cc3)ccc2N)cc1. The lowest BCUT2D eigenvalue weighted by Crippen LogP contribution is -2.29. The standard InChI is InChI=1S/C23H24BNO/c1-23(2,3)19-9-11-20(12-10-19)24-21-14-18(8-13-22(21)25)17-6-4-16(15-26)5-7-17/h4-15,24H,25H2,1-3H3. The van der Waals surface area contributed by atoms with E-state index in [9.17, 15) is 4.79 Å². The van der Waals surface area contributed by atoms with Gasteiger partial charge in [0.2, 0.25) is 0 Å². The van der Waals surface area contributed by atoms with E-state index in [2.05, 4.69) is 51.1 Å². The molecule has 3 heteroatoms. The highest BCUT2D eigenvalue weighted by Crippen LogP contribution is 2.21. The smallest absolute Gasteiger partial charge is 0.194 e. The predicted octanol–water partition coefficient (Wildman–Crippen LogP) is 3.43. The van der Waals surface area contributed by atoms with Gasteiger partial charge in [0.1, 0.15) is 6.29 Å². The summed E-state index contributed by atoms with van der Waals surface area (Å²) in [4.78, 5) is 10.8. The van der Waals surface area contributed by atoms with Crippen LogP contribution in [0.2, 0.25) is 0 Å². The van der Waals surface area contributed by atoms with Gasteiger partial charge in [0.15, 0.2) is 7.28 Å². The van der Waals surface area contributed by atoms with Gasteiger partial charge in [-0.25, -0.2) is 0 Å². The molecule has 0 saturated heterocycles. The van der Waals surface area contributed by atoms with Crippen molar-refractivity contribution in [3.8, 4) is 11.1 Å². The van der Waals surface area contributed by atoms with Crippen molar-refractivity contribution in [1.29, 1.82) is 0 Å². The highest BCUT2D eigenvalue weighted by molar-refractivity contribution is 6.68. The van der Waals surface area contributed by atoms with Crippen LogP contribution >= 0.6 is 0 Å². The third-order valence-corrected chi connectivity index (χ3v) is 4.74. The van der Waals surface area contributed by atoms with Crippen LogP contribution in [0.4, 0.5) is 5.69 Å². The molecule has 0 fully saturated rings. The van der Waals surface area contributed by atoms with Crippen molar-refractivity contribution in [2.45, 2.75) is 26.2 Å². The Kier molecular flexibility index (Phi) is 4.99. The van der Waals surface area contributed by atoms with Gasteiger partial charge in [-0.1, -0.05) is 92.4 Å². The van der Waals surface area contributed by atoms with Gasteiger partial charge in [0.05, 0.1) is 0 Å². The van der Waals surface area contributed by atoms with Gasteiger partial charge in [-0.2, -0.15) is 0 Å². The number of anilines is 1. The Morgan fingerprint density at radius 3 is 2.04 bits per heavy atom. The van der Waals surface area contributed by atoms with E-state index in [0.29, 0.717) is 5.56 Å². The quantitative estimate of drug-likeness (QED) is 0.449. The zero-order valence-electron chi connectivity index (χ0n) is 15.6. The van der Waals surface area contributed by atoms with Crippen LogP contribution in [0.5, 0.6) is 0 Å². The molecule has 3 rings (SSSR count). The molecule has 26 heavy (non-hydrogen) atoms. The summed E-state index contributed by atoms with van der Waals surface area (Å²) >= 11 is 0. The molecule has 0 unspecified atom stereocenters. The van der Waals surface area contributed by atoms with E-state index in [-0.39, 0.29) is 5.41 Å². The number of aldehydes is 1. The van der Waals surface area contributed by atoms with Crippen LogP contribution in [0.1, 0.15) is 36.7 Å². The van der Waals surface area contributed by atoms with Crippen molar-refractivity contribution in [1.82, 2.24) is 0 Å². The second-order valence-electron chi connectivity index (χ2n) is 7.78. The van der Waals surface area contributed by atoms with Crippen LogP contribution in [0, 0.1) is 0 Å². The zero-order valence-corrected chi connectivity index (χ0v) is 15.6. The zero-order chi connectivity index (χ0) is 18.7. The van der Waals surface area contributed by atoms with E-state index >= 15 is 0 Å². The van der Waals surface area contributed by atoms with Crippen LogP contribution in [0.25, 0.3) is 11.1 Å². The average Bonchev–Trinajstić information content (AvgIpc) is 2.63. The number of rotatable bonds is 4. The molecule has 0 heterocycles. The highest BCUT2D eigenvalue weighted by Gasteiger charge is 2.13. The topological polar surface area (TPSA) is 43.1 Å². The fraction of sp³-hybridized carbons (Fsp3) is 0.174. The molecule has 130 valence electrons. The minimum Gasteiger partial charge on any atom is -0.399 e. The Balaban J connectivity index is 1.86. The summed E-state index contributed by atoms with van der Waals surface area (Å²) in [6.45, 7) is 6.66. The molecule has 0 saturated carbocycles. The number of carbonyl (C=O) groups excluding carboxylic acids is 1. The van der Waals surface area contributed by atoms with Crippen molar-refractivity contribution in [3.05, 3.63) is 77.9 Å². The van der Waals surface area contributed by atoms with Gasteiger partial charge in [0.25, 0.3) is 0 Å². The Labute approximate surface area is 156 Å². The highest BCUT2D eigenvalue weighted by atomic mass is 16.1. The number of hydrogen-bond acceptors (Lipinski definition) is 2. The van der Waals surface area contributed by atoms with E-state index in [1.54, 1.807) is 0 Å². The van der Waals surface area contributed by atoms with Gasteiger partial charge in [-0.3, -0.25) is 4.79 Å². The first kappa shape index (κ1) is 18.0. The van der Waals surface area contributed by atoms with Crippen LogP contribution in [-0.4, -0.2) is 13.6 Å². The van der Waals surface area contributed by atoms with Crippen LogP contribution in [-0.2, 0) is 5.41 Å². The minimum absolute atomic E-state index is 0.158. The molecule has 0 spiro atoms. The predicted molar refractivity (Wildman–Crippen MR) is 113 cm³/mol. The maximum absolute atomic E-state index is 10.8. The summed E-state index contributed by atoms with van der Waals surface area (Å²) in [5, 5.41) is 0. The molecule has 0 aromatic heterocycles. The second-order valence-corrected chi connectivity index (χ2v) is 7.78. The largest absolute Gasteiger partial charge is 0.399 e. The fourth-order valence-corrected chi connectivity index (χ4v) is 3.04. The molecular weight excluding hydrogens is 317 g/mol. The summed E-state index contributed by atoms with van der Waals surface area (Å²) < 4.78 is 0. The lowest BCUT2D eigenvalue weighted by Gasteiger charge is -2.19. The van der Waals surface area contributed by atoms with Crippen molar-refractivity contribution in [2.24, 2.45) is 0 Å².